The van der Waals surface area contributed by atoms with Crippen LogP contribution in [0.15, 0.2) is 11.8 Å². The smallest absolute Gasteiger partial charge is 0.0873 e. The lowest BCUT2D eigenvalue weighted by Crippen LogP contribution is -2.27. The van der Waals surface area contributed by atoms with Crippen LogP contribution in [0.1, 0.15) is 71.1 Å². The van der Waals surface area contributed by atoms with Crippen molar-refractivity contribution < 1.29 is 4.74 Å². The second-order valence-corrected chi connectivity index (χ2v) is 7.43. The normalized spacial score (nSPS) is 28.2. The zero-order valence-electron chi connectivity index (χ0n) is 12.6. The molecule has 2 fully saturated rings. The van der Waals surface area contributed by atoms with Crippen LogP contribution < -0.4 is 0 Å². The van der Waals surface area contributed by atoms with Crippen LogP contribution in [-0.2, 0) is 4.74 Å². The highest BCUT2D eigenvalue weighted by molar-refractivity contribution is 7.99. The lowest BCUT2D eigenvalue weighted by Gasteiger charge is -2.36. The largest absolute Gasteiger partial charge is 0.501 e. The molecule has 1 saturated heterocycles. The van der Waals surface area contributed by atoms with Gasteiger partial charge in [0.2, 0.25) is 0 Å². The number of thioether (sulfide) groups is 1. The van der Waals surface area contributed by atoms with Gasteiger partial charge in [-0.15, -0.1) is 0 Å². The van der Waals surface area contributed by atoms with Crippen LogP contribution in [0.25, 0.3) is 0 Å². The van der Waals surface area contributed by atoms with Crippen LogP contribution in [0.5, 0.6) is 0 Å². The Labute approximate surface area is 123 Å². The molecule has 2 heteroatoms. The van der Waals surface area contributed by atoms with Crippen LogP contribution in [0.4, 0.5) is 0 Å². The molecule has 0 aromatic carbocycles. The zero-order chi connectivity index (χ0) is 13.4. The summed E-state index contributed by atoms with van der Waals surface area (Å²) in [7, 11) is 0. The number of allylic oxidation sites excluding steroid dienone is 1. The van der Waals surface area contributed by atoms with E-state index in [0.717, 1.165) is 6.61 Å². The third kappa shape index (κ3) is 5.06. The van der Waals surface area contributed by atoms with Gasteiger partial charge in [0.05, 0.1) is 12.9 Å². The molecule has 1 heterocycles. The fourth-order valence-electron chi connectivity index (χ4n) is 3.39. The quantitative estimate of drug-likeness (QED) is 0.466. The van der Waals surface area contributed by atoms with Crippen molar-refractivity contribution in [3.63, 3.8) is 0 Å². The molecule has 0 aromatic rings. The number of ether oxygens (including phenoxy) is 1. The Morgan fingerprint density at radius 3 is 2.74 bits per heavy atom. The highest BCUT2D eigenvalue weighted by Gasteiger charge is 2.29. The maximum atomic E-state index is 5.78. The molecule has 0 N–H and O–H groups in total. The first-order chi connectivity index (χ1) is 9.35. The Bertz CT molecular complexity index is 271. The molecule has 0 amide bonds. The monoisotopic (exact) mass is 282 g/mol. The predicted molar refractivity (Wildman–Crippen MR) is 85.6 cm³/mol. The van der Waals surface area contributed by atoms with Crippen LogP contribution >= 0.6 is 11.8 Å². The van der Waals surface area contributed by atoms with Crippen molar-refractivity contribution in [2.45, 2.75) is 71.1 Å². The topological polar surface area (TPSA) is 9.23 Å². The van der Waals surface area contributed by atoms with Crippen molar-refractivity contribution in [2.24, 2.45) is 5.41 Å². The van der Waals surface area contributed by atoms with Crippen molar-refractivity contribution in [2.75, 3.05) is 18.1 Å². The standard InChI is InChI=1S/C17H30OS/c1-2-17(11-7-13-19-15-17)10-6-12-18-14-16-8-4-3-5-9-16/h14H,2-13,15H2,1H3. The zero-order valence-corrected chi connectivity index (χ0v) is 13.4. The third-order valence-electron chi connectivity index (χ3n) is 4.87. The molecule has 0 bridgehead atoms. The number of hydrogen-bond donors (Lipinski definition) is 0. The van der Waals surface area contributed by atoms with E-state index in [4.69, 9.17) is 4.74 Å². The van der Waals surface area contributed by atoms with E-state index in [1.165, 1.54) is 75.7 Å². The van der Waals surface area contributed by atoms with Crippen LogP contribution in [0.3, 0.4) is 0 Å². The van der Waals surface area contributed by atoms with Gasteiger partial charge in [0.15, 0.2) is 0 Å². The van der Waals surface area contributed by atoms with Gasteiger partial charge in [0.25, 0.3) is 0 Å². The van der Waals surface area contributed by atoms with E-state index in [-0.39, 0.29) is 0 Å². The molecule has 1 aliphatic heterocycles. The van der Waals surface area contributed by atoms with Crippen LogP contribution in [-0.4, -0.2) is 18.1 Å². The van der Waals surface area contributed by atoms with Crippen molar-refractivity contribution in [3.8, 4) is 0 Å². The van der Waals surface area contributed by atoms with E-state index < -0.39 is 0 Å². The molecule has 1 nitrogen and oxygen atoms in total. The Kier molecular flexibility index (Phi) is 6.63. The molecule has 110 valence electrons. The molecular weight excluding hydrogens is 252 g/mol. The Morgan fingerprint density at radius 2 is 2.05 bits per heavy atom. The van der Waals surface area contributed by atoms with Gasteiger partial charge in [-0.25, -0.2) is 0 Å². The van der Waals surface area contributed by atoms with Crippen LogP contribution in [0, 0.1) is 5.41 Å². The summed E-state index contributed by atoms with van der Waals surface area (Å²) in [6, 6.07) is 0. The third-order valence-corrected chi connectivity index (χ3v) is 6.26. The summed E-state index contributed by atoms with van der Waals surface area (Å²) in [6.07, 6.45) is 15.6. The van der Waals surface area contributed by atoms with Crippen molar-refractivity contribution in [1.29, 1.82) is 0 Å². The molecule has 1 unspecified atom stereocenters. The first kappa shape index (κ1) is 15.3. The highest BCUT2D eigenvalue weighted by Crippen LogP contribution is 2.41. The summed E-state index contributed by atoms with van der Waals surface area (Å²) >= 11 is 2.16. The minimum atomic E-state index is 0.629. The second-order valence-electron chi connectivity index (χ2n) is 6.32. The summed E-state index contributed by atoms with van der Waals surface area (Å²) in [5.41, 5.74) is 2.18. The minimum Gasteiger partial charge on any atom is -0.501 e. The van der Waals surface area contributed by atoms with Gasteiger partial charge in [-0.05, 0) is 80.3 Å². The predicted octanol–water partition coefficient (Wildman–Crippen LogP) is 5.55. The molecule has 1 aliphatic carbocycles. The van der Waals surface area contributed by atoms with E-state index in [1.54, 1.807) is 5.57 Å². The van der Waals surface area contributed by atoms with Crippen molar-refractivity contribution in [3.05, 3.63) is 11.8 Å². The minimum absolute atomic E-state index is 0.629. The highest BCUT2D eigenvalue weighted by atomic mass is 32.2. The summed E-state index contributed by atoms with van der Waals surface area (Å²) < 4.78 is 5.78. The molecule has 19 heavy (non-hydrogen) atoms. The summed E-state index contributed by atoms with van der Waals surface area (Å²) in [5, 5.41) is 0. The molecule has 2 rings (SSSR count). The summed E-state index contributed by atoms with van der Waals surface area (Å²) in [6.45, 7) is 3.30. The Morgan fingerprint density at radius 1 is 1.21 bits per heavy atom. The van der Waals surface area contributed by atoms with Gasteiger partial charge in [-0.3, -0.25) is 0 Å². The maximum absolute atomic E-state index is 5.78. The number of hydrogen-bond acceptors (Lipinski definition) is 2. The molecular formula is C17H30OS. The number of rotatable bonds is 6. The molecule has 1 saturated carbocycles. The van der Waals surface area contributed by atoms with Gasteiger partial charge < -0.3 is 4.74 Å². The second kappa shape index (κ2) is 8.24. The van der Waals surface area contributed by atoms with E-state index in [2.05, 4.69) is 24.9 Å². The van der Waals surface area contributed by atoms with Gasteiger partial charge in [-0.2, -0.15) is 11.8 Å². The van der Waals surface area contributed by atoms with Crippen LogP contribution in [0.2, 0.25) is 0 Å². The van der Waals surface area contributed by atoms with Gasteiger partial charge in [0.1, 0.15) is 0 Å². The van der Waals surface area contributed by atoms with Gasteiger partial charge in [0, 0.05) is 0 Å². The van der Waals surface area contributed by atoms with E-state index in [0.29, 0.717) is 5.41 Å². The first-order valence-electron chi connectivity index (χ1n) is 8.22. The van der Waals surface area contributed by atoms with E-state index in [1.807, 2.05) is 0 Å². The molecule has 2 aliphatic rings. The first-order valence-corrected chi connectivity index (χ1v) is 9.37. The maximum Gasteiger partial charge on any atom is 0.0873 e. The van der Waals surface area contributed by atoms with Crippen molar-refractivity contribution in [1.82, 2.24) is 0 Å². The molecule has 0 radical (unpaired) electrons. The lowest BCUT2D eigenvalue weighted by atomic mass is 9.78. The Balaban J connectivity index is 1.62. The fraction of sp³-hybridized carbons (Fsp3) is 0.882. The average molecular weight is 282 g/mol. The molecule has 0 spiro atoms. The van der Waals surface area contributed by atoms with E-state index >= 15 is 0 Å². The Hall–Kier alpha value is -0.110. The van der Waals surface area contributed by atoms with Crippen molar-refractivity contribution >= 4 is 11.8 Å². The lowest BCUT2D eigenvalue weighted by molar-refractivity contribution is 0.191. The fourth-order valence-corrected chi connectivity index (χ4v) is 4.81. The molecule has 1 atom stereocenters. The summed E-state index contributed by atoms with van der Waals surface area (Å²) in [5.74, 6) is 2.76. The van der Waals surface area contributed by atoms with Gasteiger partial charge in [-0.1, -0.05) is 13.3 Å². The SMILES string of the molecule is CCC1(CCCOC=C2CCCCC2)CCCSC1. The average Bonchev–Trinajstić information content (AvgIpc) is 2.49. The van der Waals surface area contributed by atoms with Gasteiger partial charge >= 0.3 is 0 Å². The van der Waals surface area contributed by atoms with E-state index in [9.17, 15) is 0 Å². The summed E-state index contributed by atoms with van der Waals surface area (Å²) in [4.78, 5) is 0. The molecule has 0 aromatic heterocycles.